The van der Waals surface area contributed by atoms with Crippen molar-refractivity contribution < 1.29 is 9.32 Å². The van der Waals surface area contributed by atoms with Crippen LogP contribution in [0.2, 0.25) is 0 Å². The van der Waals surface area contributed by atoms with Crippen molar-refractivity contribution >= 4 is 5.91 Å². The SMILES string of the molecule is CC(C)c1nccc(C(=O)NC(C)c2nc(-c3ccccn3)no2)n1. The van der Waals surface area contributed by atoms with Crippen molar-refractivity contribution in [3.8, 4) is 11.5 Å². The zero-order valence-corrected chi connectivity index (χ0v) is 14.2. The lowest BCUT2D eigenvalue weighted by Gasteiger charge is -2.10. The molecule has 1 N–H and O–H groups in total. The minimum Gasteiger partial charge on any atom is -0.339 e. The molecule has 3 aromatic rings. The Balaban J connectivity index is 1.72. The Morgan fingerprint density at radius 2 is 1.92 bits per heavy atom. The summed E-state index contributed by atoms with van der Waals surface area (Å²) in [6.45, 7) is 5.70. The van der Waals surface area contributed by atoms with Crippen LogP contribution in [-0.4, -0.2) is 31.0 Å². The molecule has 8 nitrogen and oxygen atoms in total. The van der Waals surface area contributed by atoms with Crippen molar-refractivity contribution in [3.63, 3.8) is 0 Å². The molecule has 0 aliphatic heterocycles. The average Bonchev–Trinajstić information content (AvgIpc) is 3.13. The van der Waals surface area contributed by atoms with Gasteiger partial charge in [-0.25, -0.2) is 9.97 Å². The van der Waals surface area contributed by atoms with Crippen LogP contribution in [0.4, 0.5) is 0 Å². The second kappa shape index (κ2) is 7.16. The van der Waals surface area contributed by atoms with E-state index in [0.717, 1.165) is 0 Å². The normalized spacial score (nSPS) is 12.2. The number of hydrogen-bond donors (Lipinski definition) is 1. The minimum absolute atomic E-state index is 0.141. The Hall–Kier alpha value is -3.16. The van der Waals surface area contributed by atoms with E-state index in [2.05, 4.69) is 30.4 Å². The number of hydrogen-bond acceptors (Lipinski definition) is 7. The summed E-state index contributed by atoms with van der Waals surface area (Å²) in [5.41, 5.74) is 0.906. The van der Waals surface area contributed by atoms with Crippen molar-refractivity contribution in [1.82, 2.24) is 30.4 Å². The van der Waals surface area contributed by atoms with Crippen LogP contribution in [0.1, 0.15) is 54.9 Å². The first-order valence-electron chi connectivity index (χ1n) is 7.93. The summed E-state index contributed by atoms with van der Waals surface area (Å²) >= 11 is 0. The third-order valence-electron chi connectivity index (χ3n) is 3.48. The highest BCUT2D eigenvalue weighted by Crippen LogP contribution is 2.17. The molecule has 1 atom stereocenters. The highest BCUT2D eigenvalue weighted by molar-refractivity contribution is 5.92. The molecule has 0 saturated heterocycles. The standard InChI is InChI=1S/C17H18N6O2/c1-10(2)14-19-9-7-13(21-14)16(24)20-11(3)17-22-15(23-25-17)12-6-4-5-8-18-12/h4-11H,1-3H3,(H,20,24). The quantitative estimate of drug-likeness (QED) is 0.761. The first-order valence-corrected chi connectivity index (χ1v) is 7.93. The highest BCUT2D eigenvalue weighted by Gasteiger charge is 2.19. The van der Waals surface area contributed by atoms with E-state index < -0.39 is 6.04 Å². The molecular formula is C17H18N6O2. The Kier molecular flexibility index (Phi) is 4.78. The molecule has 3 aromatic heterocycles. The van der Waals surface area contributed by atoms with Gasteiger partial charge in [0.15, 0.2) is 0 Å². The van der Waals surface area contributed by atoms with Crippen LogP contribution >= 0.6 is 0 Å². The summed E-state index contributed by atoms with van der Waals surface area (Å²) in [5.74, 6) is 1.11. The molecule has 0 saturated carbocycles. The number of carbonyl (C=O) groups is 1. The molecule has 0 aromatic carbocycles. The van der Waals surface area contributed by atoms with Gasteiger partial charge in [-0.3, -0.25) is 9.78 Å². The van der Waals surface area contributed by atoms with Gasteiger partial charge in [0.05, 0.1) is 0 Å². The zero-order chi connectivity index (χ0) is 17.8. The van der Waals surface area contributed by atoms with E-state index in [1.165, 1.54) is 0 Å². The molecule has 0 radical (unpaired) electrons. The Bertz CT molecular complexity index is 862. The fourth-order valence-corrected chi connectivity index (χ4v) is 2.12. The van der Waals surface area contributed by atoms with E-state index in [1.54, 1.807) is 37.5 Å². The van der Waals surface area contributed by atoms with E-state index in [-0.39, 0.29) is 11.8 Å². The Morgan fingerprint density at radius 1 is 1.08 bits per heavy atom. The van der Waals surface area contributed by atoms with Crippen LogP contribution in [-0.2, 0) is 0 Å². The van der Waals surface area contributed by atoms with Crippen LogP contribution in [0.25, 0.3) is 11.5 Å². The number of carbonyl (C=O) groups excluding carboxylic acids is 1. The molecule has 0 aliphatic carbocycles. The maximum atomic E-state index is 12.4. The lowest BCUT2D eigenvalue weighted by molar-refractivity contribution is 0.0927. The zero-order valence-electron chi connectivity index (χ0n) is 14.2. The van der Waals surface area contributed by atoms with Crippen molar-refractivity contribution in [2.45, 2.75) is 32.7 Å². The lowest BCUT2D eigenvalue weighted by Crippen LogP contribution is -2.28. The molecule has 0 fully saturated rings. The Morgan fingerprint density at radius 3 is 2.64 bits per heavy atom. The summed E-state index contributed by atoms with van der Waals surface area (Å²) in [5, 5.41) is 6.70. The molecule has 1 amide bonds. The molecule has 0 aliphatic rings. The number of nitrogens with zero attached hydrogens (tertiary/aromatic N) is 5. The van der Waals surface area contributed by atoms with Crippen LogP contribution in [0, 0.1) is 0 Å². The van der Waals surface area contributed by atoms with Gasteiger partial charge in [-0.1, -0.05) is 25.1 Å². The maximum Gasteiger partial charge on any atom is 0.270 e. The first-order chi connectivity index (χ1) is 12.0. The van der Waals surface area contributed by atoms with Gasteiger partial charge in [0.25, 0.3) is 5.91 Å². The number of pyridine rings is 1. The molecular weight excluding hydrogens is 320 g/mol. The van der Waals surface area contributed by atoms with Gasteiger partial charge in [-0.15, -0.1) is 0 Å². The second-order valence-electron chi connectivity index (χ2n) is 5.82. The van der Waals surface area contributed by atoms with Gasteiger partial charge < -0.3 is 9.84 Å². The molecule has 1 unspecified atom stereocenters. The molecule has 128 valence electrons. The second-order valence-corrected chi connectivity index (χ2v) is 5.82. The van der Waals surface area contributed by atoms with Gasteiger partial charge in [0, 0.05) is 18.3 Å². The van der Waals surface area contributed by atoms with Gasteiger partial charge in [0.2, 0.25) is 11.7 Å². The van der Waals surface area contributed by atoms with Crippen molar-refractivity contribution in [2.75, 3.05) is 0 Å². The van der Waals surface area contributed by atoms with E-state index in [9.17, 15) is 4.79 Å². The maximum absolute atomic E-state index is 12.4. The Labute approximate surface area is 144 Å². The molecule has 0 spiro atoms. The number of amides is 1. The predicted octanol–water partition coefficient (Wildman–Crippen LogP) is 2.54. The summed E-state index contributed by atoms with van der Waals surface area (Å²) in [4.78, 5) is 29.3. The molecule has 25 heavy (non-hydrogen) atoms. The topological polar surface area (TPSA) is 107 Å². The summed E-state index contributed by atoms with van der Waals surface area (Å²) in [6, 6.07) is 6.54. The van der Waals surface area contributed by atoms with Gasteiger partial charge in [-0.2, -0.15) is 4.98 Å². The molecule has 3 rings (SSSR count). The van der Waals surface area contributed by atoms with Crippen molar-refractivity contribution in [3.05, 3.63) is 54.1 Å². The average molecular weight is 338 g/mol. The summed E-state index contributed by atoms with van der Waals surface area (Å²) < 4.78 is 5.23. The number of aromatic nitrogens is 5. The number of nitrogens with one attached hydrogen (secondary N) is 1. The van der Waals surface area contributed by atoms with E-state index in [1.807, 2.05) is 19.9 Å². The summed E-state index contributed by atoms with van der Waals surface area (Å²) in [6.07, 6.45) is 3.23. The van der Waals surface area contributed by atoms with Gasteiger partial charge in [0.1, 0.15) is 23.3 Å². The third kappa shape index (κ3) is 3.85. The lowest BCUT2D eigenvalue weighted by atomic mass is 10.2. The van der Waals surface area contributed by atoms with E-state index >= 15 is 0 Å². The molecule has 8 heteroatoms. The van der Waals surface area contributed by atoms with Crippen LogP contribution in [0.3, 0.4) is 0 Å². The molecule has 0 bridgehead atoms. The fourth-order valence-electron chi connectivity index (χ4n) is 2.12. The molecule has 3 heterocycles. The van der Waals surface area contributed by atoms with Crippen LogP contribution < -0.4 is 5.32 Å². The highest BCUT2D eigenvalue weighted by atomic mass is 16.5. The van der Waals surface area contributed by atoms with E-state index in [4.69, 9.17) is 4.52 Å². The van der Waals surface area contributed by atoms with Crippen LogP contribution in [0.15, 0.2) is 41.2 Å². The van der Waals surface area contributed by atoms with E-state index in [0.29, 0.717) is 28.9 Å². The predicted molar refractivity (Wildman–Crippen MR) is 89.5 cm³/mol. The van der Waals surface area contributed by atoms with Crippen LogP contribution in [0.5, 0.6) is 0 Å². The first kappa shape index (κ1) is 16.7. The van der Waals surface area contributed by atoms with Gasteiger partial charge >= 0.3 is 0 Å². The third-order valence-corrected chi connectivity index (χ3v) is 3.48. The van der Waals surface area contributed by atoms with Crippen molar-refractivity contribution in [2.24, 2.45) is 0 Å². The smallest absolute Gasteiger partial charge is 0.270 e. The summed E-state index contributed by atoms with van der Waals surface area (Å²) in [7, 11) is 0. The number of rotatable bonds is 5. The van der Waals surface area contributed by atoms with Crippen molar-refractivity contribution in [1.29, 1.82) is 0 Å². The monoisotopic (exact) mass is 338 g/mol. The fraction of sp³-hybridized carbons (Fsp3) is 0.294. The minimum atomic E-state index is -0.463. The largest absolute Gasteiger partial charge is 0.339 e. The van der Waals surface area contributed by atoms with Gasteiger partial charge in [-0.05, 0) is 25.1 Å².